The number of likely N-dealkylation sites (N-methyl/N-ethyl adjacent to an activating group) is 1. The molecule has 0 saturated carbocycles. The highest BCUT2D eigenvalue weighted by Crippen LogP contribution is 2.27. The molecule has 0 aliphatic carbocycles. The van der Waals surface area contributed by atoms with Crippen LogP contribution in [0.1, 0.15) is 36.7 Å². The van der Waals surface area contributed by atoms with E-state index in [9.17, 15) is 9.59 Å². The first-order valence-corrected chi connectivity index (χ1v) is 11.1. The summed E-state index contributed by atoms with van der Waals surface area (Å²) in [6, 6.07) is 5.14. The van der Waals surface area contributed by atoms with Crippen molar-refractivity contribution in [2.45, 2.75) is 39.5 Å². The van der Waals surface area contributed by atoms with E-state index in [1.807, 2.05) is 12.4 Å². The molecule has 1 N–H and O–H groups in total. The van der Waals surface area contributed by atoms with Gasteiger partial charge in [0.15, 0.2) is 0 Å². The summed E-state index contributed by atoms with van der Waals surface area (Å²) < 4.78 is 12.0. The Hall–Kier alpha value is -3.04. The monoisotopic (exact) mass is 455 g/mol. The molecule has 9 heteroatoms. The van der Waals surface area contributed by atoms with Crippen molar-refractivity contribution >= 4 is 17.5 Å². The van der Waals surface area contributed by atoms with Crippen molar-refractivity contribution in [3.8, 4) is 5.75 Å². The molecular formula is C24H33N5O4. The number of carbonyl (C=O) groups excluding carboxylic acids is 2. The van der Waals surface area contributed by atoms with Gasteiger partial charge in [-0.25, -0.2) is 9.97 Å². The fraction of sp³-hybridized carbons (Fsp3) is 0.500. The molecule has 1 aliphatic rings. The highest BCUT2D eigenvalue weighted by Gasteiger charge is 2.28. The SMILES string of the molecule is CO[C@H]1CN(C)C(=O)c2ccc(NC(C)=O)cc2OC[C@H](C)N(Cc2cncnc2)C[C@H]1C. The number of carbonyl (C=O) groups is 2. The van der Waals surface area contributed by atoms with Gasteiger partial charge >= 0.3 is 0 Å². The van der Waals surface area contributed by atoms with Crippen molar-refractivity contribution < 1.29 is 19.1 Å². The summed E-state index contributed by atoms with van der Waals surface area (Å²) in [6.45, 7) is 7.89. The molecule has 3 atom stereocenters. The number of anilines is 1. The largest absolute Gasteiger partial charge is 0.491 e. The number of ether oxygens (including phenoxy) is 2. The van der Waals surface area contributed by atoms with Gasteiger partial charge in [-0.15, -0.1) is 0 Å². The second-order valence-corrected chi connectivity index (χ2v) is 8.67. The van der Waals surface area contributed by atoms with Gasteiger partial charge in [-0.3, -0.25) is 14.5 Å². The van der Waals surface area contributed by atoms with E-state index in [1.165, 1.54) is 13.3 Å². The number of amides is 2. The van der Waals surface area contributed by atoms with Crippen molar-refractivity contribution in [2.75, 3.05) is 39.2 Å². The first-order chi connectivity index (χ1) is 15.8. The average Bonchev–Trinajstić information content (AvgIpc) is 2.79. The summed E-state index contributed by atoms with van der Waals surface area (Å²) in [5.41, 5.74) is 2.04. The molecule has 1 aromatic carbocycles. The number of methoxy groups -OCH3 is 1. The van der Waals surface area contributed by atoms with E-state index in [0.29, 0.717) is 36.7 Å². The number of fused-ring (bicyclic) bond motifs is 1. The first-order valence-electron chi connectivity index (χ1n) is 11.1. The molecule has 0 fully saturated rings. The van der Waals surface area contributed by atoms with Gasteiger partial charge in [0.2, 0.25) is 5.91 Å². The van der Waals surface area contributed by atoms with E-state index < -0.39 is 0 Å². The van der Waals surface area contributed by atoms with E-state index in [0.717, 1.165) is 12.1 Å². The van der Waals surface area contributed by atoms with Gasteiger partial charge in [-0.05, 0) is 25.0 Å². The Balaban J connectivity index is 1.94. The van der Waals surface area contributed by atoms with Gasteiger partial charge in [0, 0.05) is 76.5 Å². The smallest absolute Gasteiger partial charge is 0.257 e. The third-order valence-electron chi connectivity index (χ3n) is 5.90. The number of nitrogens with zero attached hydrogens (tertiary/aromatic N) is 4. The molecule has 33 heavy (non-hydrogen) atoms. The number of benzene rings is 1. The van der Waals surface area contributed by atoms with Gasteiger partial charge < -0.3 is 19.7 Å². The molecule has 2 amide bonds. The zero-order valence-corrected chi connectivity index (χ0v) is 19.9. The minimum absolute atomic E-state index is 0.0368. The Kier molecular flexibility index (Phi) is 8.35. The second-order valence-electron chi connectivity index (χ2n) is 8.67. The van der Waals surface area contributed by atoms with Crippen LogP contribution in [0.15, 0.2) is 36.9 Å². The minimum Gasteiger partial charge on any atom is -0.491 e. The molecule has 1 aromatic heterocycles. The maximum absolute atomic E-state index is 13.2. The molecule has 0 spiro atoms. The topological polar surface area (TPSA) is 96.9 Å². The molecule has 2 heterocycles. The van der Waals surface area contributed by atoms with Gasteiger partial charge in [0.25, 0.3) is 5.91 Å². The van der Waals surface area contributed by atoms with Crippen LogP contribution >= 0.6 is 0 Å². The normalized spacial score (nSPS) is 22.5. The molecule has 0 radical (unpaired) electrons. The quantitative estimate of drug-likeness (QED) is 0.756. The molecule has 178 valence electrons. The molecule has 9 nitrogen and oxygen atoms in total. The first kappa shape index (κ1) is 24.6. The van der Waals surface area contributed by atoms with Crippen LogP contribution in [0.25, 0.3) is 0 Å². The Bertz CT molecular complexity index is 955. The predicted octanol–water partition coefficient (Wildman–Crippen LogP) is 2.44. The van der Waals surface area contributed by atoms with Crippen molar-refractivity contribution in [1.29, 1.82) is 0 Å². The van der Waals surface area contributed by atoms with Crippen LogP contribution < -0.4 is 10.1 Å². The number of rotatable bonds is 4. The second kappa shape index (κ2) is 11.2. The van der Waals surface area contributed by atoms with Gasteiger partial charge in [0.1, 0.15) is 18.7 Å². The molecule has 2 aromatic rings. The Morgan fingerprint density at radius 3 is 2.64 bits per heavy atom. The van der Waals surface area contributed by atoms with Crippen LogP contribution in [-0.2, 0) is 16.1 Å². The summed E-state index contributed by atoms with van der Waals surface area (Å²) >= 11 is 0. The van der Waals surface area contributed by atoms with E-state index in [4.69, 9.17) is 9.47 Å². The summed E-state index contributed by atoms with van der Waals surface area (Å²) in [7, 11) is 3.45. The summed E-state index contributed by atoms with van der Waals surface area (Å²) in [6.07, 6.45) is 5.02. The maximum Gasteiger partial charge on any atom is 0.257 e. The average molecular weight is 456 g/mol. The van der Waals surface area contributed by atoms with Crippen molar-refractivity contribution in [2.24, 2.45) is 5.92 Å². The standard InChI is InChI=1S/C24H33N5O4/c1-16-11-29(12-19-9-25-15-26-10-19)17(2)14-33-22-8-20(27-18(3)30)6-7-21(22)24(31)28(4)13-23(16)32-5/h6-10,15-17,23H,11-14H2,1-5H3,(H,27,30)/t16-,17+,23+/m1/s1. The van der Waals surface area contributed by atoms with Gasteiger partial charge in [0.05, 0.1) is 11.7 Å². The van der Waals surface area contributed by atoms with Crippen LogP contribution in [-0.4, -0.2) is 77.6 Å². The Labute approximate surface area is 195 Å². The van der Waals surface area contributed by atoms with Gasteiger partial charge in [-0.1, -0.05) is 6.92 Å². The number of aromatic nitrogens is 2. The summed E-state index contributed by atoms with van der Waals surface area (Å²) in [5, 5.41) is 2.75. The lowest BCUT2D eigenvalue weighted by Crippen LogP contribution is -2.46. The van der Waals surface area contributed by atoms with Crippen LogP contribution in [0.2, 0.25) is 0 Å². The molecule has 1 aliphatic heterocycles. The highest BCUT2D eigenvalue weighted by molar-refractivity contribution is 5.98. The zero-order chi connectivity index (χ0) is 24.0. The number of nitrogens with one attached hydrogen (secondary N) is 1. The van der Waals surface area contributed by atoms with E-state index in [-0.39, 0.29) is 29.9 Å². The lowest BCUT2D eigenvalue weighted by atomic mass is 10.0. The molecular weight excluding hydrogens is 422 g/mol. The fourth-order valence-electron chi connectivity index (χ4n) is 3.99. The van der Waals surface area contributed by atoms with E-state index in [2.05, 4.69) is 34.0 Å². The molecule has 3 rings (SSSR count). The lowest BCUT2D eigenvalue weighted by Gasteiger charge is -2.36. The minimum atomic E-state index is -0.187. The Morgan fingerprint density at radius 1 is 1.24 bits per heavy atom. The van der Waals surface area contributed by atoms with E-state index in [1.54, 1.807) is 37.3 Å². The summed E-state index contributed by atoms with van der Waals surface area (Å²) in [4.78, 5) is 37.0. The van der Waals surface area contributed by atoms with Crippen molar-refractivity contribution in [3.63, 3.8) is 0 Å². The summed E-state index contributed by atoms with van der Waals surface area (Å²) in [5.74, 6) is 0.266. The third kappa shape index (κ3) is 6.49. The molecule has 0 bridgehead atoms. The fourth-order valence-corrected chi connectivity index (χ4v) is 3.99. The Morgan fingerprint density at radius 2 is 1.97 bits per heavy atom. The van der Waals surface area contributed by atoms with Crippen molar-refractivity contribution in [3.05, 3.63) is 48.0 Å². The van der Waals surface area contributed by atoms with Crippen LogP contribution in [0, 0.1) is 5.92 Å². The molecule has 0 unspecified atom stereocenters. The number of hydrogen-bond donors (Lipinski definition) is 1. The van der Waals surface area contributed by atoms with Crippen LogP contribution in [0.3, 0.4) is 0 Å². The van der Waals surface area contributed by atoms with Gasteiger partial charge in [-0.2, -0.15) is 0 Å². The van der Waals surface area contributed by atoms with Crippen LogP contribution in [0.4, 0.5) is 5.69 Å². The number of hydrogen-bond acceptors (Lipinski definition) is 7. The lowest BCUT2D eigenvalue weighted by molar-refractivity contribution is -0.114. The van der Waals surface area contributed by atoms with Crippen LogP contribution in [0.5, 0.6) is 5.75 Å². The zero-order valence-electron chi connectivity index (χ0n) is 19.9. The molecule has 0 saturated heterocycles. The van der Waals surface area contributed by atoms with Crippen molar-refractivity contribution in [1.82, 2.24) is 19.8 Å². The highest BCUT2D eigenvalue weighted by atomic mass is 16.5. The third-order valence-corrected chi connectivity index (χ3v) is 5.90. The maximum atomic E-state index is 13.2. The van der Waals surface area contributed by atoms with E-state index >= 15 is 0 Å². The predicted molar refractivity (Wildman–Crippen MR) is 125 cm³/mol.